The summed E-state index contributed by atoms with van der Waals surface area (Å²) in [6.07, 6.45) is 1.02. The molecule has 1 aromatic carbocycles. The predicted molar refractivity (Wildman–Crippen MR) is 63.0 cm³/mol. The molecule has 1 aliphatic heterocycles. The topological polar surface area (TPSA) is 53.1 Å². The molecule has 0 bridgehead atoms. The maximum Gasteiger partial charge on any atom is 0.201 e. The molecule has 0 saturated carbocycles. The summed E-state index contributed by atoms with van der Waals surface area (Å²) in [6.45, 7) is 2.28. The maximum atomic E-state index is 13.2. The minimum atomic E-state index is -0.263. The number of ether oxygens (including phenoxy) is 1. The number of nitrogen functional groups attached to an aromatic ring is 1. The average molecular weight is 235 g/mol. The van der Waals surface area contributed by atoms with Crippen LogP contribution in [-0.2, 0) is 11.3 Å². The Morgan fingerprint density at radius 2 is 2.41 bits per heavy atom. The van der Waals surface area contributed by atoms with Gasteiger partial charge < -0.3 is 15.0 Å². The average Bonchev–Trinajstić information content (AvgIpc) is 2.90. The van der Waals surface area contributed by atoms with Gasteiger partial charge in [-0.15, -0.1) is 0 Å². The van der Waals surface area contributed by atoms with Gasteiger partial charge in [0, 0.05) is 19.1 Å². The minimum absolute atomic E-state index is 0.263. The van der Waals surface area contributed by atoms with Crippen LogP contribution in [0.25, 0.3) is 11.0 Å². The lowest BCUT2D eigenvalue weighted by molar-refractivity contribution is 0.183. The summed E-state index contributed by atoms with van der Waals surface area (Å²) in [4.78, 5) is 4.23. The van der Waals surface area contributed by atoms with Crippen molar-refractivity contribution in [3.63, 3.8) is 0 Å². The van der Waals surface area contributed by atoms with Gasteiger partial charge in [-0.05, 0) is 24.6 Å². The largest absolute Gasteiger partial charge is 0.381 e. The van der Waals surface area contributed by atoms with Crippen LogP contribution < -0.4 is 5.73 Å². The van der Waals surface area contributed by atoms with Gasteiger partial charge in [-0.3, -0.25) is 0 Å². The number of imidazole rings is 1. The Hall–Kier alpha value is -1.62. The molecule has 2 heterocycles. The second kappa shape index (κ2) is 4.00. The number of halogens is 1. The van der Waals surface area contributed by atoms with E-state index < -0.39 is 0 Å². The summed E-state index contributed by atoms with van der Waals surface area (Å²) in [5.41, 5.74) is 7.37. The first-order valence-corrected chi connectivity index (χ1v) is 5.73. The number of nitrogens with two attached hydrogens (primary N) is 1. The van der Waals surface area contributed by atoms with Crippen LogP contribution in [0, 0.1) is 11.7 Å². The molecule has 4 nitrogen and oxygen atoms in total. The third-order valence-corrected chi connectivity index (χ3v) is 3.20. The summed E-state index contributed by atoms with van der Waals surface area (Å²) < 4.78 is 20.4. The second-order valence-corrected chi connectivity index (χ2v) is 4.44. The Morgan fingerprint density at radius 1 is 1.53 bits per heavy atom. The number of hydrogen-bond acceptors (Lipinski definition) is 3. The lowest BCUT2D eigenvalue weighted by atomic mass is 10.1. The van der Waals surface area contributed by atoms with Gasteiger partial charge in [0.15, 0.2) is 0 Å². The molecule has 1 fully saturated rings. The van der Waals surface area contributed by atoms with Crippen LogP contribution in [0.15, 0.2) is 18.2 Å². The molecule has 1 aliphatic rings. The molecule has 0 aliphatic carbocycles. The first kappa shape index (κ1) is 10.5. The van der Waals surface area contributed by atoms with Gasteiger partial charge in [0.05, 0.1) is 17.6 Å². The SMILES string of the molecule is Nc1nc2ccc(F)cc2n1CC1CCOC1. The van der Waals surface area contributed by atoms with E-state index in [1.807, 2.05) is 4.57 Å². The fourth-order valence-electron chi connectivity index (χ4n) is 2.29. The standard InChI is InChI=1S/C12H14FN3O/c13-9-1-2-10-11(5-9)16(12(14)15-10)6-8-3-4-17-7-8/h1-2,5,8H,3-4,6-7H2,(H2,14,15). The molecule has 1 atom stereocenters. The van der Waals surface area contributed by atoms with Gasteiger partial charge in [0.1, 0.15) is 5.82 Å². The normalized spacial score (nSPS) is 20.2. The highest BCUT2D eigenvalue weighted by Gasteiger charge is 2.19. The van der Waals surface area contributed by atoms with Crippen molar-refractivity contribution in [3.05, 3.63) is 24.0 Å². The van der Waals surface area contributed by atoms with Crippen LogP contribution in [0.2, 0.25) is 0 Å². The molecule has 0 spiro atoms. The molecule has 1 aromatic heterocycles. The molecule has 2 aromatic rings. The van der Waals surface area contributed by atoms with Crippen molar-refractivity contribution in [2.45, 2.75) is 13.0 Å². The van der Waals surface area contributed by atoms with Gasteiger partial charge in [0.2, 0.25) is 5.95 Å². The Bertz CT molecular complexity index is 546. The second-order valence-electron chi connectivity index (χ2n) is 4.44. The molecule has 2 N–H and O–H groups in total. The number of nitrogens with zero attached hydrogens (tertiary/aromatic N) is 2. The molecular weight excluding hydrogens is 221 g/mol. The van der Waals surface area contributed by atoms with Crippen LogP contribution >= 0.6 is 0 Å². The lowest BCUT2D eigenvalue weighted by Crippen LogP contribution is -2.12. The van der Waals surface area contributed by atoms with Crippen molar-refractivity contribution in [2.75, 3.05) is 18.9 Å². The smallest absolute Gasteiger partial charge is 0.201 e. The van der Waals surface area contributed by atoms with E-state index in [4.69, 9.17) is 10.5 Å². The third kappa shape index (κ3) is 1.86. The summed E-state index contributed by atoms with van der Waals surface area (Å²) in [6, 6.07) is 4.54. The fourth-order valence-corrected chi connectivity index (χ4v) is 2.29. The molecule has 90 valence electrons. The number of aromatic nitrogens is 2. The molecule has 0 amide bonds. The third-order valence-electron chi connectivity index (χ3n) is 3.20. The number of anilines is 1. The molecular formula is C12H14FN3O. The van der Waals surface area contributed by atoms with Crippen molar-refractivity contribution in [1.29, 1.82) is 0 Å². The van der Waals surface area contributed by atoms with Gasteiger partial charge in [-0.2, -0.15) is 0 Å². The summed E-state index contributed by atoms with van der Waals surface area (Å²) in [7, 11) is 0. The van der Waals surface area contributed by atoms with Crippen LogP contribution in [0.1, 0.15) is 6.42 Å². The zero-order valence-corrected chi connectivity index (χ0v) is 9.40. The zero-order chi connectivity index (χ0) is 11.8. The van der Waals surface area contributed by atoms with E-state index in [2.05, 4.69) is 4.98 Å². The van der Waals surface area contributed by atoms with E-state index >= 15 is 0 Å². The van der Waals surface area contributed by atoms with Crippen LogP contribution in [0.3, 0.4) is 0 Å². The van der Waals surface area contributed by atoms with Crippen LogP contribution in [-0.4, -0.2) is 22.8 Å². The van der Waals surface area contributed by atoms with Gasteiger partial charge >= 0.3 is 0 Å². The van der Waals surface area contributed by atoms with E-state index in [0.29, 0.717) is 11.9 Å². The Balaban J connectivity index is 2.01. The van der Waals surface area contributed by atoms with Gasteiger partial charge in [0.25, 0.3) is 0 Å². The van der Waals surface area contributed by atoms with E-state index in [9.17, 15) is 4.39 Å². The number of rotatable bonds is 2. The molecule has 3 rings (SSSR count). The Kier molecular flexibility index (Phi) is 2.48. The van der Waals surface area contributed by atoms with E-state index in [1.165, 1.54) is 12.1 Å². The van der Waals surface area contributed by atoms with Gasteiger partial charge in [-0.1, -0.05) is 0 Å². The van der Waals surface area contributed by atoms with Crippen molar-refractivity contribution < 1.29 is 9.13 Å². The summed E-state index contributed by atoms with van der Waals surface area (Å²) >= 11 is 0. The van der Waals surface area contributed by atoms with Crippen LogP contribution in [0.5, 0.6) is 0 Å². The first-order valence-electron chi connectivity index (χ1n) is 5.73. The van der Waals surface area contributed by atoms with E-state index in [1.54, 1.807) is 6.07 Å². The highest BCUT2D eigenvalue weighted by Crippen LogP contribution is 2.23. The molecule has 17 heavy (non-hydrogen) atoms. The number of fused-ring (bicyclic) bond motifs is 1. The predicted octanol–water partition coefficient (Wildman–Crippen LogP) is 1.79. The molecule has 1 unspecified atom stereocenters. The first-order chi connectivity index (χ1) is 8.24. The fraction of sp³-hybridized carbons (Fsp3) is 0.417. The lowest BCUT2D eigenvalue weighted by Gasteiger charge is -2.10. The Morgan fingerprint density at radius 3 is 3.18 bits per heavy atom. The number of hydrogen-bond donors (Lipinski definition) is 1. The van der Waals surface area contributed by atoms with Crippen molar-refractivity contribution in [3.8, 4) is 0 Å². The van der Waals surface area contributed by atoms with Crippen molar-refractivity contribution >= 4 is 17.0 Å². The Labute approximate surface area is 98.2 Å². The monoisotopic (exact) mass is 235 g/mol. The van der Waals surface area contributed by atoms with E-state index in [0.717, 1.165) is 37.2 Å². The summed E-state index contributed by atoms with van der Waals surface area (Å²) in [5, 5.41) is 0. The zero-order valence-electron chi connectivity index (χ0n) is 9.40. The number of benzene rings is 1. The highest BCUT2D eigenvalue weighted by atomic mass is 19.1. The molecule has 1 saturated heterocycles. The molecule has 0 radical (unpaired) electrons. The maximum absolute atomic E-state index is 13.2. The molecule has 5 heteroatoms. The van der Waals surface area contributed by atoms with E-state index in [-0.39, 0.29) is 5.82 Å². The van der Waals surface area contributed by atoms with Crippen molar-refractivity contribution in [2.24, 2.45) is 5.92 Å². The highest BCUT2D eigenvalue weighted by molar-refractivity contribution is 5.78. The van der Waals surface area contributed by atoms with Gasteiger partial charge in [-0.25, -0.2) is 9.37 Å². The quantitative estimate of drug-likeness (QED) is 0.863. The van der Waals surface area contributed by atoms with Crippen LogP contribution in [0.4, 0.5) is 10.3 Å². The van der Waals surface area contributed by atoms with Crippen molar-refractivity contribution in [1.82, 2.24) is 9.55 Å². The summed E-state index contributed by atoms with van der Waals surface area (Å²) in [5.74, 6) is 0.622. The minimum Gasteiger partial charge on any atom is -0.381 e.